The molecule has 2 aromatic rings. The van der Waals surface area contributed by atoms with Gasteiger partial charge in [-0.2, -0.15) is 0 Å². The fourth-order valence-corrected chi connectivity index (χ4v) is 3.64. The van der Waals surface area contributed by atoms with Crippen LogP contribution < -0.4 is 5.32 Å². The molecule has 106 valence electrons. The van der Waals surface area contributed by atoms with Crippen LogP contribution >= 0.6 is 0 Å². The molecule has 0 saturated heterocycles. The largest absolute Gasteiger partial charge is 0.319 e. The molecule has 0 aliphatic heterocycles. The van der Waals surface area contributed by atoms with E-state index in [1.807, 2.05) is 12.3 Å². The Hall–Kier alpha value is -1.41. The highest BCUT2D eigenvalue weighted by molar-refractivity contribution is 5.79. The molecule has 0 amide bonds. The second-order valence-corrected chi connectivity index (χ2v) is 6.02. The van der Waals surface area contributed by atoms with Crippen LogP contribution in [0.25, 0.3) is 10.9 Å². The van der Waals surface area contributed by atoms with Crippen molar-refractivity contribution < 1.29 is 0 Å². The van der Waals surface area contributed by atoms with Crippen LogP contribution in [0.1, 0.15) is 43.6 Å². The third-order valence-electron chi connectivity index (χ3n) is 4.68. The molecule has 1 heterocycles. The molecule has 0 bridgehead atoms. The second kappa shape index (κ2) is 6.36. The van der Waals surface area contributed by atoms with E-state index >= 15 is 0 Å². The van der Waals surface area contributed by atoms with Crippen molar-refractivity contribution in [2.24, 2.45) is 5.92 Å². The Morgan fingerprint density at radius 1 is 1.15 bits per heavy atom. The van der Waals surface area contributed by atoms with Crippen molar-refractivity contribution in [1.29, 1.82) is 0 Å². The Labute approximate surface area is 121 Å². The highest BCUT2D eigenvalue weighted by Gasteiger charge is 2.24. The van der Waals surface area contributed by atoms with Gasteiger partial charge in [-0.05, 0) is 56.0 Å². The van der Waals surface area contributed by atoms with Gasteiger partial charge < -0.3 is 5.32 Å². The average Bonchev–Trinajstić information content (AvgIpc) is 2.73. The molecule has 0 radical (unpaired) electrons. The van der Waals surface area contributed by atoms with Crippen molar-refractivity contribution in [2.75, 3.05) is 13.6 Å². The molecule has 2 nitrogen and oxygen atoms in total. The van der Waals surface area contributed by atoms with Crippen LogP contribution in [0.2, 0.25) is 0 Å². The first-order chi connectivity index (χ1) is 9.88. The van der Waals surface area contributed by atoms with E-state index in [0.717, 1.165) is 18.0 Å². The Balaban J connectivity index is 1.93. The molecule has 0 spiro atoms. The lowest BCUT2D eigenvalue weighted by molar-refractivity contribution is 0.386. The third kappa shape index (κ3) is 2.85. The molecular weight excluding hydrogens is 244 g/mol. The number of pyridine rings is 1. The third-order valence-corrected chi connectivity index (χ3v) is 4.68. The van der Waals surface area contributed by atoms with E-state index < -0.39 is 0 Å². The molecule has 1 saturated carbocycles. The minimum Gasteiger partial charge on any atom is -0.319 e. The Kier molecular flexibility index (Phi) is 4.31. The van der Waals surface area contributed by atoms with Crippen molar-refractivity contribution >= 4 is 10.9 Å². The van der Waals surface area contributed by atoms with Gasteiger partial charge in [0.25, 0.3) is 0 Å². The Bertz CT molecular complexity index is 564. The monoisotopic (exact) mass is 268 g/mol. The quantitative estimate of drug-likeness (QED) is 0.847. The van der Waals surface area contributed by atoms with Crippen molar-refractivity contribution in [3.8, 4) is 0 Å². The number of hydrogen-bond donors (Lipinski definition) is 1. The van der Waals surface area contributed by atoms with Gasteiger partial charge in [-0.15, -0.1) is 0 Å². The lowest BCUT2D eigenvalue weighted by atomic mass is 9.82. The van der Waals surface area contributed by atoms with Crippen LogP contribution in [0.3, 0.4) is 0 Å². The van der Waals surface area contributed by atoms with Crippen LogP contribution in [-0.4, -0.2) is 18.6 Å². The fourth-order valence-electron chi connectivity index (χ4n) is 3.64. The predicted molar refractivity (Wildman–Crippen MR) is 85.0 cm³/mol. The molecule has 2 heteroatoms. The minimum atomic E-state index is 0.691. The van der Waals surface area contributed by atoms with Gasteiger partial charge in [0, 0.05) is 11.6 Å². The first-order valence-electron chi connectivity index (χ1n) is 7.88. The lowest BCUT2D eigenvalue weighted by Crippen LogP contribution is -2.24. The van der Waals surface area contributed by atoms with Gasteiger partial charge in [-0.25, -0.2) is 0 Å². The molecular formula is C18H24N2. The van der Waals surface area contributed by atoms with E-state index in [-0.39, 0.29) is 0 Å². The van der Waals surface area contributed by atoms with Crippen LogP contribution in [0.5, 0.6) is 0 Å². The van der Waals surface area contributed by atoms with Crippen LogP contribution in [0.4, 0.5) is 0 Å². The Morgan fingerprint density at radius 2 is 2.05 bits per heavy atom. The second-order valence-electron chi connectivity index (χ2n) is 6.02. The summed E-state index contributed by atoms with van der Waals surface area (Å²) in [5.41, 5.74) is 2.62. The van der Waals surface area contributed by atoms with Crippen molar-refractivity contribution in [2.45, 2.75) is 38.0 Å². The Morgan fingerprint density at radius 3 is 2.95 bits per heavy atom. The van der Waals surface area contributed by atoms with Gasteiger partial charge in [0.15, 0.2) is 0 Å². The van der Waals surface area contributed by atoms with Gasteiger partial charge in [-0.3, -0.25) is 4.98 Å². The first kappa shape index (κ1) is 13.6. The van der Waals surface area contributed by atoms with Crippen LogP contribution in [-0.2, 0) is 0 Å². The summed E-state index contributed by atoms with van der Waals surface area (Å²) in [4.78, 5) is 4.52. The van der Waals surface area contributed by atoms with E-state index in [9.17, 15) is 0 Å². The van der Waals surface area contributed by atoms with Gasteiger partial charge in [0.2, 0.25) is 0 Å². The summed E-state index contributed by atoms with van der Waals surface area (Å²) in [6, 6.07) is 11.0. The number of fused-ring (bicyclic) bond motifs is 1. The normalized spacial score (nSPS) is 23.6. The van der Waals surface area contributed by atoms with E-state index in [1.54, 1.807) is 0 Å². The summed E-state index contributed by atoms with van der Waals surface area (Å²) in [7, 11) is 2.07. The molecule has 2 unspecified atom stereocenters. The summed E-state index contributed by atoms with van der Waals surface area (Å²) in [5.74, 6) is 1.46. The number of rotatable bonds is 3. The maximum atomic E-state index is 4.52. The van der Waals surface area contributed by atoms with Crippen LogP contribution in [0.15, 0.2) is 36.5 Å². The van der Waals surface area contributed by atoms with Crippen LogP contribution in [0, 0.1) is 5.92 Å². The molecule has 2 atom stereocenters. The standard InChI is InChI=1S/C18H24N2/c1-19-13-16-6-3-2-4-8-17(16)15-10-9-14-7-5-11-20-18(14)12-15/h5,7,9-12,16-17,19H,2-4,6,8,13H2,1H3. The number of hydrogen-bond acceptors (Lipinski definition) is 2. The van der Waals surface area contributed by atoms with Crippen molar-refractivity contribution in [3.63, 3.8) is 0 Å². The molecule has 20 heavy (non-hydrogen) atoms. The molecule has 1 aromatic carbocycles. The zero-order valence-electron chi connectivity index (χ0n) is 12.3. The topological polar surface area (TPSA) is 24.9 Å². The molecule has 1 aromatic heterocycles. The predicted octanol–water partition coefficient (Wildman–Crippen LogP) is 4.12. The highest BCUT2D eigenvalue weighted by atomic mass is 14.8. The smallest absolute Gasteiger partial charge is 0.0704 e. The summed E-state index contributed by atoms with van der Waals surface area (Å²) in [6.45, 7) is 1.13. The number of aromatic nitrogens is 1. The average molecular weight is 268 g/mol. The van der Waals surface area contributed by atoms with Crippen molar-refractivity contribution in [3.05, 3.63) is 42.1 Å². The summed E-state index contributed by atoms with van der Waals surface area (Å²) in [5, 5.41) is 4.63. The van der Waals surface area contributed by atoms with Crippen molar-refractivity contribution in [1.82, 2.24) is 10.3 Å². The zero-order chi connectivity index (χ0) is 13.8. The van der Waals surface area contributed by atoms with Gasteiger partial charge in [0.1, 0.15) is 0 Å². The molecule has 1 aliphatic rings. The first-order valence-corrected chi connectivity index (χ1v) is 7.88. The summed E-state index contributed by atoms with van der Waals surface area (Å²) < 4.78 is 0. The molecule has 3 rings (SSSR count). The van der Waals surface area contributed by atoms with E-state index in [1.165, 1.54) is 43.1 Å². The highest BCUT2D eigenvalue weighted by Crippen LogP contribution is 2.37. The zero-order valence-corrected chi connectivity index (χ0v) is 12.3. The van der Waals surface area contributed by atoms with Gasteiger partial charge >= 0.3 is 0 Å². The minimum absolute atomic E-state index is 0.691. The maximum Gasteiger partial charge on any atom is 0.0704 e. The number of nitrogens with zero attached hydrogens (tertiary/aromatic N) is 1. The van der Waals surface area contributed by atoms with E-state index in [4.69, 9.17) is 0 Å². The SMILES string of the molecule is CNCC1CCCCCC1c1ccc2cccnc2c1. The van der Waals surface area contributed by atoms with Gasteiger partial charge in [-0.1, -0.05) is 37.5 Å². The molecule has 1 N–H and O–H groups in total. The molecule has 1 aliphatic carbocycles. The fraction of sp³-hybridized carbons (Fsp3) is 0.500. The van der Waals surface area contributed by atoms with E-state index in [2.05, 4.69) is 41.6 Å². The van der Waals surface area contributed by atoms with Gasteiger partial charge in [0.05, 0.1) is 5.52 Å². The number of benzene rings is 1. The lowest BCUT2D eigenvalue weighted by Gasteiger charge is -2.25. The maximum absolute atomic E-state index is 4.52. The van der Waals surface area contributed by atoms with E-state index in [0.29, 0.717) is 5.92 Å². The summed E-state index contributed by atoms with van der Waals surface area (Å²) in [6.07, 6.45) is 8.71. The molecule has 1 fully saturated rings. The number of nitrogens with one attached hydrogen (secondary N) is 1. The summed E-state index contributed by atoms with van der Waals surface area (Å²) >= 11 is 0.